The number of ketones is 1. The second-order valence-electron chi connectivity index (χ2n) is 33.8. The first-order chi connectivity index (χ1) is 64.7. The van der Waals surface area contributed by atoms with Crippen LogP contribution >= 0.6 is 63.8 Å². The zero-order valence-corrected chi connectivity index (χ0v) is 85.9. The van der Waals surface area contributed by atoms with Crippen molar-refractivity contribution in [1.82, 2.24) is 59.6 Å². The van der Waals surface area contributed by atoms with Crippen LogP contribution in [0.4, 0.5) is 92.7 Å². The standard InChI is InChI=1S/C27H35ClN7O4P.C24H29N4O5PS.C20H24ClN6O4PS.C19H25ClN5O3P/c1-33-13-15-35(16-14-33)19-9-11-34(12-10-19)20-7-8-22(24(17-20)39-2)31-27-29-18-21(28)26(32-27)30-23-5-3-4-6-25(23)40(36,37)38;1-15(2)35(31,32)22-10-8-7-9-20(22)26-23-18(16(3)29)14-25-24(28-23)27-19-12-11-17(34(5,6)30)13-21(19)33-4;1-12(2)33(29,30)15-9-7-6-8-14(15)24-17-13(21)10-23-20(26-17)27-18-19(31-3)25-16(11-22-18)32(4,5)28;1-28-16-9-11(29(2,3)27)7-8-15(16)24-19-22-10-13(20)18(25-19)23-14-6-4-5-12(14)17(21)26/h3-8,17-19H,9-16H2,1-2H3,(H2,36,37,38)(H2,29,30,31,32);7-15H,1-6H3,(H2,25,26,27,28);6-12H,1-5H3,(H2,22,23,24,26,27);7-10,12,14H,4-6H2,1-3H3,(H2,21,26)(H2,22,23,24,25). The van der Waals surface area contributed by atoms with Crippen molar-refractivity contribution in [1.29, 1.82) is 0 Å². The first-order valence-corrected chi connectivity index (χ1v) is 56.8. The summed E-state index contributed by atoms with van der Waals surface area (Å²) in [5.74, 6) is 2.94. The number of piperazine rings is 1. The molecular weight excluding hydrogens is 1940 g/mol. The van der Waals surface area contributed by atoms with Gasteiger partial charge < -0.3 is 100 Å². The third-order valence-electron chi connectivity index (χ3n) is 22.3. The number of rotatable bonds is 32. The van der Waals surface area contributed by atoms with Crippen molar-refractivity contribution in [3.63, 3.8) is 0 Å². The lowest BCUT2D eigenvalue weighted by molar-refractivity contribution is -0.121. The number of likely N-dealkylation sites (N-methyl/N-ethyl adjacent to an activating group) is 1. The molecule has 14 rings (SSSR count). The van der Waals surface area contributed by atoms with Crippen molar-refractivity contribution in [2.24, 2.45) is 11.7 Å². The molecule has 7 heterocycles. The van der Waals surface area contributed by atoms with Crippen LogP contribution in [0.15, 0.2) is 168 Å². The lowest BCUT2D eigenvalue weighted by Gasteiger charge is -2.42. The van der Waals surface area contributed by atoms with Crippen LogP contribution in [0.25, 0.3) is 0 Å². The van der Waals surface area contributed by atoms with Crippen molar-refractivity contribution >= 4 is 209 Å². The quantitative estimate of drug-likeness (QED) is 0.0138. The van der Waals surface area contributed by atoms with Crippen LogP contribution in [0.1, 0.15) is 77.1 Å². The van der Waals surface area contributed by atoms with Crippen LogP contribution in [-0.2, 0) is 42.7 Å². The molecule has 137 heavy (non-hydrogen) atoms. The average molecular weight is 2050 g/mol. The smallest absolute Gasteiger partial charge is 0.358 e. The number of Topliss-reactive ketones (excluding diaryl/α,β-unsaturated/α-hetero) is 1. The van der Waals surface area contributed by atoms with Gasteiger partial charge in [0.1, 0.15) is 65.0 Å². The van der Waals surface area contributed by atoms with Crippen molar-refractivity contribution in [3.05, 3.63) is 179 Å². The van der Waals surface area contributed by atoms with E-state index >= 15 is 0 Å². The van der Waals surface area contributed by atoms with E-state index in [1.165, 1.54) is 70.3 Å². The van der Waals surface area contributed by atoms with E-state index in [4.69, 9.17) is 59.5 Å². The molecule has 3 fully saturated rings. The Bertz CT molecular complexity index is 6650. The van der Waals surface area contributed by atoms with Crippen molar-refractivity contribution in [2.75, 3.05) is 162 Å². The van der Waals surface area contributed by atoms with Crippen molar-refractivity contribution in [3.8, 4) is 23.1 Å². The molecule has 5 aromatic heterocycles. The van der Waals surface area contributed by atoms with E-state index in [2.05, 4.69) is 120 Å². The minimum absolute atomic E-state index is 0.107. The van der Waals surface area contributed by atoms with E-state index < -0.39 is 59.2 Å². The highest BCUT2D eigenvalue weighted by atomic mass is 35.5. The number of nitrogens with two attached hydrogens (primary N) is 1. The van der Waals surface area contributed by atoms with Gasteiger partial charge in [-0.1, -0.05) is 77.6 Å². The Balaban J connectivity index is 0.000000176. The van der Waals surface area contributed by atoms with Gasteiger partial charge in [0.15, 0.2) is 48.7 Å². The maximum absolute atomic E-state index is 12.9. The summed E-state index contributed by atoms with van der Waals surface area (Å²) < 4.78 is 122. The number of aromatic nitrogens is 10. The Hall–Kier alpha value is -11.2. The van der Waals surface area contributed by atoms with Crippen molar-refractivity contribution in [2.45, 2.75) is 99.1 Å². The third-order valence-corrected chi connectivity index (χ3v) is 33.0. The van der Waals surface area contributed by atoms with Gasteiger partial charge in [-0.3, -0.25) is 19.1 Å². The average Bonchev–Trinajstić information content (AvgIpc) is 1.30. The van der Waals surface area contributed by atoms with Crippen LogP contribution in [-0.4, -0.2) is 235 Å². The topological polar surface area (TPSA) is 509 Å². The van der Waals surface area contributed by atoms with E-state index in [1.807, 2.05) is 12.1 Å². The summed E-state index contributed by atoms with van der Waals surface area (Å²) in [5.41, 5.74) is 9.83. The largest absolute Gasteiger partial charge is 0.495 e. The number of nitrogens with zero attached hydrogens (tertiary/aromatic N) is 13. The molecule has 0 radical (unpaired) electrons. The zero-order valence-electron chi connectivity index (χ0n) is 78.4. The van der Waals surface area contributed by atoms with Gasteiger partial charge in [-0.2, -0.15) is 19.9 Å². The number of ether oxygens (including phenoxy) is 4. The monoisotopic (exact) mass is 2050 g/mol. The predicted molar refractivity (Wildman–Crippen MR) is 545 cm³/mol. The maximum Gasteiger partial charge on any atom is 0.358 e. The predicted octanol–water partition coefficient (Wildman–Crippen LogP) is 15.3. The van der Waals surface area contributed by atoms with Gasteiger partial charge in [-0.05, 0) is 192 Å². The summed E-state index contributed by atoms with van der Waals surface area (Å²) in [6.07, 6.45) is 11.8. The van der Waals surface area contributed by atoms with Gasteiger partial charge >= 0.3 is 7.60 Å². The molecule has 2 saturated heterocycles. The Kier molecular flexibility index (Phi) is 35.7. The number of sulfone groups is 2. The van der Waals surface area contributed by atoms with E-state index in [0.717, 1.165) is 82.4 Å². The lowest BCUT2D eigenvalue weighted by atomic mass is 10.0. The SMILES string of the molecule is COc1cc(N2CCC(N3CCN(C)CC3)CC2)ccc1Nc1ncc(Cl)c(Nc2ccccc2P(=O)(O)O)n1.COc1cc(P(C)(C)=O)ccc1Nc1ncc(C(C)=O)c(Nc2ccccc2S(=O)(=O)C(C)C)n1.COc1cc(P(C)(C)=O)ccc1Nc1ncc(Cl)c(NC2CCCC2C(N)=O)n1.COc1nc(P(C)(C)=O)cnc1Nc1ncc(Cl)c(Nc2ccccc2S(=O)(=O)C(C)C)n1. The molecule has 2 atom stereocenters. The Morgan fingerprint density at radius 1 is 0.467 bits per heavy atom. The summed E-state index contributed by atoms with van der Waals surface area (Å²) in [6.45, 7) is 24.3. The molecule has 2 unspecified atom stereocenters. The minimum Gasteiger partial charge on any atom is -0.495 e. The number of benzene rings is 6. The summed E-state index contributed by atoms with van der Waals surface area (Å²) in [5, 5.41) is 25.1. The number of nitrogens with one attached hydrogen (secondary N) is 8. The summed E-state index contributed by atoms with van der Waals surface area (Å²) in [4.78, 5) is 93.9. The fraction of sp³-hybridized carbons (Fsp3) is 0.356. The molecule has 3 aliphatic rings. The van der Waals surface area contributed by atoms with Crippen LogP contribution in [0.2, 0.25) is 15.1 Å². The highest BCUT2D eigenvalue weighted by Crippen LogP contribution is 2.44. The number of anilines is 16. The van der Waals surface area contributed by atoms with Gasteiger partial charge in [0.25, 0.3) is 5.88 Å². The molecule has 0 spiro atoms. The second-order valence-corrected chi connectivity index (χ2v) is 51.2. The van der Waals surface area contributed by atoms with E-state index in [9.17, 15) is 54.5 Å². The number of carbonyl (C=O) groups is 2. The van der Waals surface area contributed by atoms with Gasteiger partial charge in [0.2, 0.25) is 29.7 Å². The van der Waals surface area contributed by atoms with Crippen molar-refractivity contribution < 1.29 is 73.4 Å². The van der Waals surface area contributed by atoms with Gasteiger partial charge in [-0.15, -0.1) is 0 Å². The highest BCUT2D eigenvalue weighted by Gasteiger charge is 2.35. The lowest BCUT2D eigenvalue weighted by Crippen LogP contribution is -2.52. The summed E-state index contributed by atoms with van der Waals surface area (Å²) in [6, 6.07) is 36.1. The molecular formula is C90H113Cl3N22O16P4S2. The Morgan fingerprint density at radius 2 is 0.898 bits per heavy atom. The number of amides is 1. The molecule has 38 nitrogen and oxygen atoms in total. The molecule has 1 amide bonds. The van der Waals surface area contributed by atoms with Crippen LogP contribution in [0.5, 0.6) is 23.1 Å². The fourth-order valence-electron chi connectivity index (χ4n) is 14.6. The van der Waals surface area contributed by atoms with Gasteiger partial charge in [0.05, 0.1) is 124 Å². The number of piperidine rings is 1. The number of methoxy groups -OCH3 is 4. The zero-order chi connectivity index (χ0) is 99.8. The Morgan fingerprint density at radius 3 is 1.36 bits per heavy atom. The number of hydrogen-bond acceptors (Lipinski definition) is 35. The second kappa shape index (κ2) is 46.0. The normalized spacial score (nSPS) is 15.1. The summed E-state index contributed by atoms with van der Waals surface area (Å²) in [7, 11) is -10.9. The van der Waals surface area contributed by atoms with Crippen LogP contribution in [0.3, 0.4) is 0 Å². The number of hydrogen-bond donors (Lipinski definition) is 11. The van der Waals surface area contributed by atoms with Gasteiger partial charge in [-0.25, -0.2) is 46.7 Å². The first-order valence-electron chi connectivity index (χ1n) is 43.2. The molecule has 732 valence electrons. The van der Waals surface area contributed by atoms with E-state index in [-0.39, 0.29) is 107 Å². The fourth-order valence-corrected chi connectivity index (χ4v) is 20.5. The molecule has 0 bridgehead atoms. The van der Waals surface area contributed by atoms with Crippen LogP contribution < -0.4 is 93.5 Å². The molecule has 1 aliphatic carbocycles. The molecule has 12 N–H and O–H groups in total. The first kappa shape index (κ1) is 106. The molecule has 11 aromatic rings. The van der Waals surface area contributed by atoms with Gasteiger partial charge in [0, 0.05) is 79.9 Å². The maximum atomic E-state index is 12.9. The number of para-hydroxylation sites is 3. The highest BCUT2D eigenvalue weighted by molar-refractivity contribution is 7.92. The molecule has 6 aromatic carbocycles. The minimum atomic E-state index is -4.50. The van der Waals surface area contributed by atoms with E-state index in [0.29, 0.717) is 79.3 Å². The molecule has 47 heteroatoms. The third kappa shape index (κ3) is 27.9. The van der Waals surface area contributed by atoms with Crippen LogP contribution in [0, 0.1) is 5.92 Å². The summed E-state index contributed by atoms with van der Waals surface area (Å²) >= 11 is 18.8. The molecule has 1 saturated carbocycles. The molecule has 2 aliphatic heterocycles. The Labute approximate surface area is 811 Å². The number of carbonyl (C=O) groups excluding carboxylic acids is 2. The number of primary amides is 1. The number of halogens is 3. The van der Waals surface area contributed by atoms with E-state index in [1.54, 1.807) is 173 Å².